The summed E-state index contributed by atoms with van der Waals surface area (Å²) in [6.45, 7) is 4.07. The molecule has 0 saturated carbocycles. The van der Waals surface area contributed by atoms with E-state index in [9.17, 15) is 9.90 Å². The van der Waals surface area contributed by atoms with Crippen molar-refractivity contribution in [2.45, 2.75) is 32.2 Å². The number of aryl methyl sites for hydroxylation is 1. The molecule has 1 atom stereocenters. The predicted molar refractivity (Wildman–Crippen MR) is 102 cm³/mol. The van der Waals surface area contributed by atoms with E-state index in [1.165, 1.54) is 18.2 Å². The van der Waals surface area contributed by atoms with Gasteiger partial charge in [-0.25, -0.2) is 4.79 Å². The highest BCUT2D eigenvalue weighted by Gasteiger charge is 2.25. The summed E-state index contributed by atoms with van der Waals surface area (Å²) in [4.78, 5) is 14.5. The Kier molecular flexibility index (Phi) is 5.66. The maximum absolute atomic E-state index is 12.6. The molecule has 138 valence electrons. The van der Waals surface area contributed by atoms with Crippen molar-refractivity contribution >= 4 is 6.03 Å². The van der Waals surface area contributed by atoms with Gasteiger partial charge in [0.2, 0.25) is 0 Å². The second kappa shape index (κ2) is 8.13. The SMILES string of the molecule is COc1cc(CNC(=O)N2CCC[C@H](c3ccccc3C)C2)ccc1O. The highest BCUT2D eigenvalue weighted by atomic mass is 16.5. The summed E-state index contributed by atoms with van der Waals surface area (Å²) < 4.78 is 5.11. The third-order valence-corrected chi connectivity index (χ3v) is 5.02. The summed E-state index contributed by atoms with van der Waals surface area (Å²) in [6.07, 6.45) is 2.13. The van der Waals surface area contributed by atoms with Crippen LogP contribution in [0.2, 0.25) is 0 Å². The number of rotatable bonds is 4. The van der Waals surface area contributed by atoms with E-state index in [4.69, 9.17) is 4.74 Å². The lowest BCUT2D eigenvalue weighted by Gasteiger charge is -2.33. The average Bonchev–Trinajstić information content (AvgIpc) is 2.67. The molecular formula is C21H26N2O3. The van der Waals surface area contributed by atoms with Crippen LogP contribution in [0.4, 0.5) is 4.79 Å². The van der Waals surface area contributed by atoms with Crippen LogP contribution in [0.15, 0.2) is 42.5 Å². The zero-order valence-corrected chi connectivity index (χ0v) is 15.4. The van der Waals surface area contributed by atoms with Crippen molar-refractivity contribution in [2.75, 3.05) is 20.2 Å². The summed E-state index contributed by atoms with van der Waals surface area (Å²) >= 11 is 0. The molecule has 2 amide bonds. The largest absolute Gasteiger partial charge is 0.504 e. The first-order valence-electron chi connectivity index (χ1n) is 9.02. The van der Waals surface area contributed by atoms with Gasteiger partial charge in [-0.15, -0.1) is 0 Å². The van der Waals surface area contributed by atoms with E-state index in [0.717, 1.165) is 31.5 Å². The third-order valence-electron chi connectivity index (χ3n) is 5.02. The molecule has 1 aliphatic heterocycles. The van der Waals surface area contributed by atoms with E-state index in [1.807, 2.05) is 4.90 Å². The van der Waals surface area contributed by atoms with Crippen LogP contribution in [-0.2, 0) is 6.54 Å². The number of aromatic hydroxyl groups is 1. The topological polar surface area (TPSA) is 61.8 Å². The van der Waals surface area contributed by atoms with Crippen LogP contribution in [0.25, 0.3) is 0 Å². The minimum absolute atomic E-state index is 0.0460. The summed E-state index contributed by atoms with van der Waals surface area (Å²) in [5, 5.41) is 12.6. The van der Waals surface area contributed by atoms with Gasteiger partial charge in [-0.2, -0.15) is 0 Å². The molecule has 2 N–H and O–H groups in total. The van der Waals surface area contributed by atoms with Crippen LogP contribution in [0, 0.1) is 6.92 Å². The predicted octanol–water partition coefficient (Wildman–Crippen LogP) is 3.80. The van der Waals surface area contributed by atoms with Gasteiger partial charge in [0.1, 0.15) is 0 Å². The summed E-state index contributed by atoms with van der Waals surface area (Å²) in [5.74, 6) is 0.901. The minimum Gasteiger partial charge on any atom is -0.504 e. The lowest BCUT2D eigenvalue weighted by Crippen LogP contribution is -2.44. The van der Waals surface area contributed by atoms with E-state index in [0.29, 0.717) is 18.2 Å². The van der Waals surface area contributed by atoms with Crippen LogP contribution in [-0.4, -0.2) is 36.2 Å². The van der Waals surface area contributed by atoms with E-state index >= 15 is 0 Å². The number of nitrogens with zero attached hydrogens (tertiary/aromatic N) is 1. The number of hydrogen-bond acceptors (Lipinski definition) is 3. The Morgan fingerprint density at radius 1 is 1.31 bits per heavy atom. The standard InChI is InChI=1S/C21H26N2O3/c1-15-6-3-4-8-18(15)17-7-5-11-23(14-17)21(25)22-13-16-9-10-19(24)20(12-16)26-2/h3-4,6,8-10,12,17,24H,5,7,11,13-14H2,1-2H3,(H,22,25)/t17-/m0/s1. The molecule has 5 heteroatoms. The molecule has 0 aromatic heterocycles. The Labute approximate surface area is 154 Å². The molecule has 0 bridgehead atoms. The van der Waals surface area contributed by atoms with Crippen LogP contribution in [0.5, 0.6) is 11.5 Å². The molecule has 0 unspecified atom stereocenters. The number of phenolic OH excluding ortho intramolecular Hbond substituents is 1. The first-order chi connectivity index (χ1) is 12.6. The lowest BCUT2D eigenvalue weighted by molar-refractivity contribution is 0.179. The maximum atomic E-state index is 12.6. The van der Waals surface area contributed by atoms with Crippen LogP contribution in [0.3, 0.4) is 0 Å². The highest BCUT2D eigenvalue weighted by Crippen LogP contribution is 2.29. The number of phenols is 1. The van der Waals surface area contributed by atoms with Gasteiger partial charge in [0.25, 0.3) is 0 Å². The zero-order valence-electron chi connectivity index (χ0n) is 15.4. The fourth-order valence-electron chi connectivity index (χ4n) is 3.58. The van der Waals surface area contributed by atoms with Crippen molar-refractivity contribution in [1.29, 1.82) is 0 Å². The number of carbonyl (C=O) groups excluding carboxylic acids is 1. The minimum atomic E-state index is -0.0460. The number of piperidine rings is 1. The molecule has 2 aromatic rings. The molecule has 5 nitrogen and oxygen atoms in total. The van der Waals surface area contributed by atoms with E-state index in [1.54, 1.807) is 18.2 Å². The number of benzene rings is 2. The number of hydrogen-bond donors (Lipinski definition) is 2. The molecule has 1 fully saturated rings. The van der Waals surface area contributed by atoms with Crippen molar-refractivity contribution in [3.63, 3.8) is 0 Å². The van der Waals surface area contributed by atoms with Gasteiger partial charge in [0, 0.05) is 25.6 Å². The number of amides is 2. The van der Waals surface area contributed by atoms with Crippen LogP contribution in [0.1, 0.15) is 35.4 Å². The van der Waals surface area contributed by atoms with Gasteiger partial charge in [0.15, 0.2) is 11.5 Å². The second-order valence-electron chi connectivity index (χ2n) is 6.81. The van der Waals surface area contributed by atoms with Crippen molar-refractivity contribution in [3.05, 3.63) is 59.2 Å². The number of ether oxygens (including phenoxy) is 1. The summed E-state index contributed by atoms with van der Waals surface area (Å²) in [6, 6.07) is 13.5. The zero-order chi connectivity index (χ0) is 18.5. The molecule has 2 aromatic carbocycles. The second-order valence-corrected chi connectivity index (χ2v) is 6.81. The molecule has 26 heavy (non-hydrogen) atoms. The molecule has 1 heterocycles. The van der Waals surface area contributed by atoms with Crippen molar-refractivity contribution < 1.29 is 14.6 Å². The van der Waals surface area contributed by atoms with E-state index < -0.39 is 0 Å². The Hall–Kier alpha value is -2.69. The number of likely N-dealkylation sites (tertiary alicyclic amines) is 1. The lowest BCUT2D eigenvalue weighted by atomic mass is 9.88. The molecule has 1 aliphatic rings. The van der Waals surface area contributed by atoms with Crippen molar-refractivity contribution in [2.24, 2.45) is 0 Å². The van der Waals surface area contributed by atoms with Crippen LogP contribution >= 0.6 is 0 Å². The first kappa shape index (κ1) is 18.1. The molecule has 0 aliphatic carbocycles. The molecule has 0 radical (unpaired) electrons. The van der Waals surface area contributed by atoms with Gasteiger partial charge in [-0.1, -0.05) is 30.3 Å². The smallest absolute Gasteiger partial charge is 0.317 e. The molecule has 0 spiro atoms. The van der Waals surface area contributed by atoms with Gasteiger partial charge in [-0.05, 0) is 48.6 Å². The number of methoxy groups -OCH3 is 1. The third kappa shape index (κ3) is 4.10. The Bertz CT molecular complexity index is 776. The Balaban J connectivity index is 1.60. The molecule has 1 saturated heterocycles. The monoisotopic (exact) mass is 354 g/mol. The number of carbonyl (C=O) groups is 1. The highest BCUT2D eigenvalue weighted by molar-refractivity contribution is 5.74. The van der Waals surface area contributed by atoms with E-state index in [2.05, 4.69) is 36.5 Å². The van der Waals surface area contributed by atoms with Crippen molar-refractivity contribution in [3.8, 4) is 11.5 Å². The normalized spacial score (nSPS) is 17.0. The summed E-state index contributed by atoms with van der Waals surface area (Å²) in [5.41, 5.74) is 3.52. The van der Waals surface area contributed by atoms with Crippen LogP contribution < -0.4 is 10.1 Å². The van der Waals surface area contributed by atoms with E-state index in [-0.39, 0.29) is 11.8 Å². The Morgan fingerprint density at radius 2 is 2.12 bits per heavy atom. The fourth-order valence-corrected chi connectivity index (χ4v) is 3.58. The Morgan fingerprint density at radius 3 is 2.88 bits per heavy atom. The molecular weight excluding hydrogens is 328 g/mol. The number of urea groups is 1. The average molecular weight is 354 g/mol. The summed E-state index contributed by atoms with van der Waals surface area (Å²) in [7, 11) is 1.51. The molecule has 3 rings (SSSR count). The first-order valence-corrected chi connectivity index (χ1v) is 9.02. The van der Waals surface area contributed by atoms with Gasteiger partial charge < -0.3 is 20.1 Å². The maximum Gasteiger partial charge on any atom is 0.317 e. The fraction of sp³-hybridized carbons (Fsp3) is 0.381. The van der Waals surface area contributed by atoms with Gasteiger partial charge >= 0.3 is 6.03 Å². The van der Waals surface area contributed by atoms with Crippen molar-refractivity contribution in [1.82, 2.24) is 10.2 Å². The number of nitrogens with one attached hydrogen (secondary N) is 1. The van der Waals surface area contributed by atoms with Gasteiger partial charge in [0.05, 0.1) is 7.11 Å². The quantitative estimate of drug-likeness (QED) is 0.878. The van der Waals surface area contributed by atoms with Gasteiger partial charge in [-0.3, -0.25) is 0 Å².